The monoisotopic (exact) mass is 560 g/mol. The highest BCUT2D eigenvalue weighted by atomic mass is 35.5. The molecule has 0 spiro atoms. The number of hydrogen-bond acceptors (Lipinski definition) is 9. The van der Waals surface area contributed by atoms with Crippen LogP contribution in [0.15, 0.2) is 81.6 Å². The van der Waals surface area contributed by atoms with Gasteiger partial charge in [0.05, 0.1) is 18.2 Å². The Kier molecular flexibility index (Phi) is 7.93. The summed E-state index contributed by atoms with van der Waals surface area (Å²) in [4.78, 5) is 6.52. The zero-order valence-corrected chi connectivity index (χ0v) is 23.3. The number of hydrogen-bond donors (Lipinski definition) is 0. The number of pyridine rings is 1. The van der Waals surface area contributed by atoms with Crippen LogP contribution in [0.4, 0.5) is 11.4 Å². The molecule has 1 saturated heterocycles. The van der Waals surface area contributed by atoms with Crippen molar-refractivity contribution in [2.75, 3.05) is 18.6 Å². The molecule has 2 aromatic carbocycles. The lowest BCUT2D eigenvalue weighted by molar-refractivity contribution is -0.0324. The molecular weight excluding hydrogens is 528 g/mol. The average Bonchev–Trinajstić information content (AvgIpc) is 3.70. The molecule has 1 saturated carbocycles. The molecule has 3 aliphatic rings. The van der Waals surface area contributed by atoms with Crippen LogP contribution in [0.5, 0.6) is 11.5 Å². The van der Waals surface area contributed by atoms with Gasteiger partial charge in [-0.2, -0.15) is 0 Å². The van der Waals surface area contributed by atoms with Crippen LogP contribution in [0.25, 0.3) is 0 Å². The second-order valence-corrected chi connectivity index (χ2v) is 10.8. The van der Waals surface area contributed by atoms with E-state index >= 15 is 0 Å². The first-order valence-electron chi connectivity index (χ1n) is 13.9. The van der Waals surface area contributed by atoms with Crippen LogP contribution < -0.4 is 14.4 Å². The molecule has 2 aliphatic heterocycles. The summed E-state index contributed by atoms with van der Waals surface area (Å²) in [6.07, 6.45) is 11.0. The Labute approximate surface area is 239 Å². The summed E-state index contributed by atoms with van der Waals surface area (Å²) in [6, 6.07) is 16.0. The molecule has 6 rings (SSSR count). The third-order valence-corrected chi connectivity index (χ3v) is 8.15. The zero-order chi connectivity index (χ0) is 27.4. The smallest absolute Gasteiger partial charge is 0.247 e. The van der Waals surface area contributed by atoms with Crippen molar-refractivity contribution < 1.29 is 14.2 Å². The van der Waals surface area contributed by atoms with Crippen molar-refractivity contribution in [1.82, 2.24) is 4.98 Å². The van der Waals surface area contributed by atoms with E-state index in [2.05, 4.69) is 36.6 Å². The van der Waals surface area contributed by atoms with Crippen molar-refractivity contribution in [1.29, 1.82) is 0 Å². The molecule has 3 heterocycles. The second kappa shape index (κ2) is 11.9. The zero-order valence-electron chi connectivity index (χ0n) is 22.6. The lowest BCUT2D eigenvalue weighted by Crippen LogP contribution is -2.39. The number of aromatic nitrogens is 1. The van der Waals surface area contributed by atoms with Gasteiger partial charge in [0, 0.05) is 48.5 Å². The molecule has 1 unspecified atom stereocenters. The van der Waals surface area contributed by atoms with E-state index in [-0.39, 0.29) is 12.2 Å². The Morgan fingerprint density at radius 3 is 2.42 bits per heavy atom. The van der Waals surface area contributed by atoms with Crippen LogP contribution >= 0.6 is 11.6 Å². The quantitative estimate of drug-likeness (QED) is 0.264. The van der Waals surface area contributed by atoms with Crippen LogP contribution in [-0.4, -0.2) is 30.9 Å². The molecule has 1 aromatic heterocycles. The largest absolute Gasteiger partial charge is 0.493 e. The Balaban J connectivity index is 1.38. The van der Waals surface area contributed by atoms with Gasteiger partial charge in [-0.25, -0.2) is 0 Å². The first kappa shape index (κ1) is 26.7. The molecule has 0 N–H and O–H groups in total. The lowest BCUT2D eigenvalue weighted by Gasteiger charge is -2.34. The number of nitrogens with zero attached hydrogens (tertiary/aromatic N) is 6. The van der Waals surface area contributed by atoms with Crippen LogP contribution in [0.1, 0.15) is 56.1 Å². The Hall–Kier alpha value is -3.56. The number of methoxy groups -OCH3 is 1. The summed E-state index contributed by atoms with van der Waals surface area (Å²) >= 11 is 7.00. The highest BCUT2D eigenvalue weighted by molar-refractivity contribution is 6.31. The summed E-state index contributed by atoms with van der Waals surface area (Å²) in [7, 11) is 1.67. The molecule has 9 nitrogen and oxygen atoms in total. The summed E-state index contributed by atoms with van der Waals surface area (Å²) in [5, 5.41) is 17.1. The van der Waals surface area contributed by atoms with Crippen LogP contribution in [0, 0.1) is 0 Å². The maximum Gasteiger partial charge on any atom is 0.247 e. The van der Waals surface area contributed by atoms with E-state index in [0.29, 0.717) is 18.2 Å². The van der Waals surface area contributed by atoms with Gasteiger partial charge in [0.25, 0.3) is 0 Å². The highest BCUT2D eigenvalue weighted by Gasteiger charge is 2.47. The van der Waals surface area contributed by atoms with E-state index in [9.17, 15) is 0 Å². The first-order chi connectivity index (χ1) is 19.7. The minimum absolute atomic E-state index is 0.206. The molecule has 2 fully saturated rings. The third-order valence-electron chi connectivity index (χ3n) is 7.84. The highest BCUT2D eigenvalue weighted by Crippen LogP contribution is 2.45. The maximum absolute atomic E-state index is 7.00. The van der Waals surface area contributed by atoms with Crippen molar-refractivity contribution in [2.45, 2.75) is 69.4 Å². The van der Waals surface area contributed by atoms with E-state index < -0.39 is 5.66 Å². The Morgan fingerprint density at radius 1 is 0.950 bits per heavy atom. The number of rotatable bonds is 9. The van der Waals surface area contributed by atoms with Gasteiger partial charge >= 0.3 is 0 Å². The van der Waals surface area contributed by atoms with Gasteiger partial charge in [-0.1, -0.05) is 23.7 Å². The lowest BCUT2D eigenvalue weighted by atomic mass is 9.90. The summed E-state index contributed by atoms with van der Waals surface area (Å²) in [5.41, 5.74) is 2.58. The van der Waals surface area contributed by atoms with Gasteiger partial charge < -0.3 is 19.1 Å². The predicted molar refractivity (Wildman–Crippen MR) is 152 cm³/mol. The molecule has 1 aliphatic carbocycles. The molecule has 0 bridgehead atoms. The van der Waals surface area contributed by atoms with Gasteiger partial charge in [-0.05, 0) is 91.3 Å². The fraction of sp³-hybridized carbons (Fsp3) is 0.433. The summed E-state index contributed by atoms with van der Waals surface area (Å²) in [5.74, 6) is 1.46. The SMILES string of the molecule is COc1ccc(N(Cc2cccnc2)c2ccc(C3(C4CCCCO4)N=NN=N3)c(Cl)c2)cc1OC1CCCC1. The predicted octanol–water partition coefficient (Wildman–Crippen LogP) is 7.96. The van der Waals surface area contributed by atoms with E-state index in [4.69, 9.17) is 25.8 Å². The van der Waals surface area contributed by atoms with Crippen LogP contribution in [0.2, 0.25) is 5.02 Å². The number of halogens is 1. The average molecular weight is 561 g/mol. The molecule has 0 radical (unpaired) electrons. The van der Waals surface area contributed by atoms with Crippen LogP contribution in [0.3, 0.4) is 0 Å². The minimum Gasteiger partial charge on any atom is -0.493 e. The third kappa shape index (κ3) is 5.40. The minimum atomic E-state index is -1.06. The van der Waals surface area contributed by atoms with Gasteiger partial charge in [-0.3, -0.25) is 4.98 Å². The van der Waals surface area contributed by atoms with E-state index in [1.165, 1.54) is 12.8 Å². The molecule has 10 heteroatoms. The van der Waals surface area contributed by atoms with E-state index in [0.717, 1.165) is 66.1 Å². The number of benzene rings is 2. The molecule has 40 heavy (non-hydrogen) atoms. The Bertz CT molecular complexity index is 1360. The van der Waals surface area contributed by atoms with Gasteiger partial charge in [-0.15, -0.1) is 10.2 Å². The molecule has 208 valence electrons. The fourth-order valence-corrected chi connectivity index (χ4v) is 6.07. The van der Waals surface area contributed by atoms with Gasteiger partial charge in [0.2, 0.25) is 5.66 Å². The van der Waals surface area contributed by atoms with Crippen LogP contribution in [-0.2, 0) is 16.9 Å². The van der Waals surface area contributed by atoms with Crippen molar-refractivity contribution in [3.63, 3.8) is 0 Å². The van der Waals surface area contributed by atoms with Gasteiger partial charge in [0.1, 0.15) is 6.10 Å². The normalized spacial score (nSPS) is 20.1. The Morgan fingerprint density at radius 2 is 1.73 bits per heavy atom. The second-order valence-electron chi connectivity index (χ2n) is 10.4. The van der Waals surface area contributed by atoms with E-state index in [1.54, 1.807) is 13.3 Å². The van der Waals surface area contributed by atoms with Crippen molar-refractivity contribution in [3.05, 3.63) is 77.1 Å². The standard InChI is InChI=1S/C30H33ClN6O3/c1-38-27-14-12-23(18-28(27)40-24-8-2-3-9-24)37(20-21-7-6-15-32-19-21)22-11-13-25(26(31)17-22)30(33-35-36-34-30)29-10-4-5-16-39-29/h6-7,11-15,17-19,24,29H,2-5,8-10,16,20H2,1H3. The number of ether oxygens (including phenoxy) is 3. The first-order valence-corrected chi connectivity index (χ1v) is 14.3. The van der Waals surface area contributed by atoms with E-state index in [1.807, 2.05) is 48.7 Å². The fourth-order valence-electron chi connectivity index (χ4n) is 5.75. The maximum atomic E-state index is 7.00. The molecule has 3 aromatic rings. The molecule has 0 amide bonds. The molecule has 1 atom stereocenters. The molecular formula is C30H33ClN6O3. The van der Waals surface area contributed by atoms with Crippen molar-refractivity contribution >= 4 is 23.0 Å². The van der Waals surface area contributed by atoms with Crippen molar-refractivity contribution in [2.24, 2.45) is 20.7 Å². The number of anilines is 2. The topological polar surface area (TPSA) is 93.3 Å². The summed E-state index contributed by atoms with van der Waals surface area (Å²) < 4.78 is 18.1. The van der Waals surface area contributed by atoms with Crippen molar-refractivity contribution in [3.8, 4) is 11.5 Å². The van der Waals surface area contributed by atoms with Gasteiger partial charge in [0.15, 0.2) is 11.5 Å². The summed E-state index contributed by atoms with van der Waals surface area (Å²) in [6.45, 7) is 1.24.